The van der Waals surface area contributed by atoms with Gasteiger partial charge < -0.3 is 17.3 Å². The number of nitrogens with zero attached hydrogens (tertiary/aromatic N) is 3. The molecule has 172 valence electrons. The van der Waals surface area contributed by atoms with Crippen LogP contribution in [0.5, 0.6) is 0 Å². The zero-order valence-electron chi connectivity index (χ0n) is 17.5. The van der Waals surface area contributed by atoms with Gasteiger partial charge in [-0.2, -0.15) is 4.57 Å². The summed E-state index contributed by atoms with van der Waals surface area (Å²) in [6.07, 6.45) is 4.24. The zero-order chi connectivity index (χ0) is 22.4. The molecule has 0 atom stereocenters. The van der Waals surface area contributed by atoms with E-state index in [1.54, 1.807) is 45.8 Å². The number of benzene rings is 1. The number of halogens is 3. The lowest BCUT2D eigenvalue weighted by Crippen LogP contribution is -3.00. The van der Waals surface area contributed by atoms with Gasteiger partial charge >= 0.3 is 0 Å². The van der Waals surface area contributed by atoms with Crippen molar-refractivity contribution >= 4 is 90.1 Å². The maximum absolute atomic E-state index is 13.3. The Balaban J connectivity index is 0.00000259. The van der Waals surface area contributed by atoms with Gasteiger partial charge in [0.2, 0.25) is 0 Å². The summed E-state index contributed by atoms with van der Waals surface area (Å²) in [6.45, 7) is 3.46. The molecule has 4 nitrogen and oxygen atoms in total. The summed E-state index contributed by atoms with van der Waals surface area (Å²) < 4.78 is 6.96. The summed E-state index contributed by atoms with van der Waals surface area (Å²) in [4.78, 5) is 17.8. The first-order chi connectivity index (χ1) is 15.4. The number of thioether (sulfide) groups is 1. The fraction of sp³-hybridized carbons (Fsp3) is 0.182. The fourth-order valence-electron chi connectivity index (χ4n) is 3.57. The van der Waals surface area contributed by atoms with E-state index in [0.717, 1.165) is 40.1 Å². The Labute approximate surface area is 227 Å². The third-order valence-electron chi connectivity index (χ3n) is 5.13. The fourth-order valence-corrected chi connectivity index (χ4v) is 8.64. The van der Waals surface area contributed by atoms with Gasteiger partial charge in [-0.05, 0) is 53.2 Å². The normalized spacial score (nSPS) is 15.2. The van der Waals surface area contributed by atoms with E-state index < -0.39 is 0 Å². The zero-order valence-corrected chi connectivity index (χ0v) is 23.9. The Kier molecular flexibility index (Phi) is 7.79. The van der Waals surface area contributed by atoms with Crippen LogP contribution in [0.25, 0.3) is 11.1 Å². The van der Waals surface area contributed by atoms with Crippen molar-refractivity contribution in [2.24, 2.45) is 0 Å². The average molecular weight is 619 g/mol. The molecule has 1 aliphatic heterocycles. The van der Waals surface area contributed by atoms with Crippen molar-refractivity contribution in [3.05, 3.63) is 80.2 Å². The molecule has 4 heterocycles. The Morgan fingerprint density at radius 2 is 2.03 bits per heavy atom. The minimum atomic E-state index is 0. The summed E-state index contributed by atoms with van der Waals surface area (Å²) >= 11 is 16.3. The number of hydrogen-bond acceptors (Lipinski definition) is 6. The summed E-state index contributed by atoms with van der Waals surface area (Å²) in [7, 11) is 2.01. The van der Waals surface area contributed by atoms with E-state index in [1.165, 1.54) is 4.88 Å². The molecule has 0 saturated heterocycles. The van der Waals surface area contributed by atoms with Crippen molar-refractivity contribution in [3.63, 3.8) is 0 Å². The average Bonchev–Trinajstić information content (AvgIpc) is 3.51. The molecule has 0 N–H and O–H groups in total. The van der Waals surface area contributed by atoms with Gasteiger partial charge in [0.05, 0.1) is 25.8 Å². The van der Waals surface area contributed by atoms with Gasteiger partial charge in [-0.3, -0.25) is 9.36 Å². The Bertz CT molecular complexity index is 1500. The van der Waals surface area contributed by atoms with Gasteiger partial charge in [0, 0.05) is 23.5 Å². The highest BCUT2D eigenvalue weighted by Crippen LogP contribution is 2.46. The number of fused-ring (bicyclic) bond motifs is 1. The molecule has 3 aromatic heterocycles. The maximum atomic E-state index is 13.3. The number of hydrogen-bond donors (Lipinski definition) is 0. The maximum Gasteiger partial charge on any atom is 0.271 e. The predicted octanol–water partition coefficient (Wildman–Crippen LogP) is 1.94. The van der Waals surface area contributed by atoms with Crippen molar-refractivity contribution in [1.29, 1.82) is 0 Å². The van der Waals surface area contributed by atoms with Crippen LogP contribution in [0.2, 0.25) is 5.02 Å². The monoisotopic (exact) mass is 617 g/mol. The Morgan fingerprint density at radius 1 is 1.21 bits per heavy atom. The van der Waals surface area contributed by atoms with Crippen LogP contribution in [0.4, 0.5) is 5.69 Å². The molecule has 33 heavy (non-hydrogen) atoms. The number of thiophene rings is 1. The Morgan fingerprint density at radius 3 is 2.76 bits per heavy atom. The second kappa shape index (κ2) is 10.3. The van der Waals surface area contributed by atoms with E-state index in [9.17, 15) is 4.79 Å². The molecular formula is C22H18BrCl2N3OS4. The molecule has 0 unspecified atom stereocenters. The third-order valence-corrected chi connectivity index (χ3v) is 10.3. The van der Waals surface area contributed by atoms with E-state index in [-0.39, 0.29) is 18.0 Å². The molecule has 11 heteroatoms. The van der Waals surface area contributed by atoms with Crippen molar-refractivity contribution in [3.8, 4) is 0 Å². The molecule has 0 bridgehead atoms. The third kappa shape index (κ3) is 4.87. The summed E-state index contributed by atoms with van der Waals surface area (Å²) in [5.74, 6) is 0. The first-order valence-electron chi connectivity index (χ1n) is 9.82. The second-order valence-electron chi connectivity index (χ2n) is 7.12. The van der Waals surface area contributed by atoms with Crippen LogP contribution < -0.4 is 36.6 Å². The van der Waals surface area contributed by atoms with Gasteiger partial charge in [0.1, 0.15) is 14.2 Å². The summed E-state index contributed by atoms with van der Waals surface area (Å²) in [5.41, 5.74) is 1.14. The highest BCUT2D eigenvalue weighted by atomic mass is 79.9. The summed E-state index contributed by atoms with van der Waals surface area (Å²) in [5, 5.41) is 4.88. The molecule has 5 rings (SSSR count). The minimum Gasteiger partial charge on any atom is -1.00 e. The van der Waals surface area contributed by atoms with Gasteiger partial charge in [-0.15, -0.1) is 22.7 Å². The highest BCUT2D eigenvalue weighted by Gasteiger charge is 2.25. The highest BCUT2D eigenvalue weighted by molar-refractivity contribution is 9.11. The molecular weight excluding hydrogens is 601 g/mol. The van der Waals surface area contributed by atoms with Crippen LogP contribution in [0.15, 0.2) is 55.4 Å². The number of aromatic nitrogens is 2. The standard InChI is InChI=1S/C22H18BrClN3OS4.ClH/c1-3-27-19(11-18-26(8-9-29-18)12-14-5-7-17(23)30-14)32-20(21(27)28)22-25(2)15-6-4-13(24)10-16(15)31-22;/h4-11H,3,12H2,1-2H3;1H/q+1;/p-1/b22-20-;. The van der Waals surface area contributed by atoms with Crippen LogP contribution in [-0.2, 0) is 13.1 Å². The summed E-state index contributed by atoms with van der Waals surface area (Å²) in [6, 6.07) is 10.1. The van der Waals surface area contributed by atoms with Gasteiger partial charge in [0.25, 0.3) is 10.6 Å². The van der Waals surface area contributed by atoms with Crippen molar-refractivity contribution in [2.45, 2.75) is 24.9 Å². The van der Waals surface area contributed by atoms with E-state index in [0.29, 0.717) is 11.6 Å². The first kappa shape index (κ1) is 25.0. The van der Waals surface area contributed by atoms with Crippen molar-refractivity contribution in [1.82, 2.24) is 4.57 Å². The molecule has 0 amide bonds. The lowest BCUT2D eigenvalue weighted by Gasteiger charge is -2.12. The van der Waals surface area contributed by atoms with Crippen LogP contribution in [-0.4, -0.2) is 11.6 Å². The smallest absolute Gasteiger partial charge is 0.271 e. The second-order valence-corrected chi connectivity index (χ2v) is 13.1. The van der Waals surface area contributed by atoms with E-state index in [4.69, 9.17) is 11.6 Å². The molecule has 0 aliphatic carbocycles. The molecule has 0 saturated carbocycles. The van der Waals surface area contributed by atoms with Crippen LogP contribution in [0.1, 0.15) is 16.8 Å². The lowest BCUT2D eigenvalue weighted by atomic mass is 10.3. The van der Waals surface area contributed by atoms with E-state index in [2.05, 4.69) is 55.2 Å². The van der Waals surface area contributed by atoms with E-state index in [1.807, 2.05) is 36.7 Å². The van der Waals surface area contributed by atoms with Gasteiger partial charge in [-0.25, -0.2) is 0 Å². The molecule has 1 aromatic carbocycles. The number of anilines is 1. The first-order valence-corrected chi connectivity index (χ1v) is 14.3. The minimum absolute atomic E-state index is 0. The van der Waals surface area contributed by atoms with Crippen LogP contribution in [0, 0.1) is 0 Å². The van der Waals surface area contributed by atoms with Crippen molar-refractivity contribution < 1.29 is 17.0 Å². The molecule has 1 aliphatic rings. The van der Waals surface area contributed by atoms with E-state index >= 15 is 0 Å². The van der Waals surface area contributed by atoms with Crippen LogP contribution >= 0.6 is 73.3 Å². The quantitative estimate of drug-likeness (QED) is 0.328. The van der Waals surface area contributed by atoms with Gasteiger partial charge in [0.15, 0.2) is 12.7 Å². The predicted molar refractivity (Wildman–Crippen MR) is 142 cm³/mol. The van der Waals surface area contributed by atoms with Crippen LogP contribution in [0.3, 0.4) is 0 Å². The topological polar surface area (TPSA) is 29.1 Å². The Hall–Kier alpha value is -1.07. The molecule has 0 radical (unpaired) electrons. The molecule has 0 spiro atoms. The van der Waals surface area contributed by atoms with Crippen molar-refractivity contribution in [2.75, 3.05) is 11.9 Å². The SMILES string of the molecule is CCn1c(=O)/c(=C2/Sc3cc(Cl)ccc3N2C)s/c1=C\c1scc[n+]1Cc1ccc(Br)s1.[Cl-]. The number of rotatable bonds is 4. The van der Waals surface area contributed by atoms with Gasteiger partial charge in [-0.1, -0.05) is 34.7 Å². The largest absolute Gasteiger partial charge is 1.00 e. The molecule has 4 aromatic rings. The lowest BCUT2D eigenvalue weighted by molar-refractivity contribution is -0.684. The molecule has 0 fully saturated rings. The number of thiazole rings is 2.